The molecule has 0 aromatic heterocycles. The van der Waals surface area contributed by atoms with Gasteiger partial charge in [-0.15, -0.1) is 0 Å². The quantitative estimate of drug-likeness (QED) is 0.750. The molecule has 2 heterocycles. The molecule has 32 heavy (non-hydrogen) atoms. The van der Waals surface area contributed by atoms with Gasteiger partial charge in [-0.2, -0.15) is 13.2 Å². The fourth-order valence-corrected chi connectivity index (χ4v) is 4.56. The Balaban J connectivity index is 1.76. The van der Waals surface area contributed by atoms with Gasteiger partial charge in [0.25, 0.3) is 5.91 Å². The minimum atomic E-state index is -4.52. The van der Waals surface area contributed by atoms with Crippen LogP contribution in [0.2, 0.25) is 0 Å². The molecule has 6 nitrogen and oxygen atoms in total. The van der Waals surface area contributed by atoms with E-state index in [-0.39, 0.29) is 17.6 Å². The number of hydrogen-bond donors (Lipinski definition) is 1. The molecule has 0 spiro atoms. The second-order valence-electron chi connectivity index (χ2n) is 7.90. The van der Waals surface area contributed by atoms with Crippen molar-refractivity contribution < 1.29 is 32.2 Å². The number of nitrogens with zero attached hydrogens (tertiary/aromatic N) is 1. The molecular formula is C23H23F3N2O4. The van der Waals surface area contributed by atoms with E-state index in [2.05, 4.69) is 5.32 Å². The first kappa shape index (κ1) is 22.0. The number of carbonyl (C=O) groups is 2. The Morgan fingerprint density at radius 3 is 2.50 bits per heavy atom. The highest BCUT2D eigenvalue weighted by atomic mass is 19.4. The molecule has 2 unspecified atom stereocenters. The minimum Gasteiger partial charge on any atom is -0.493 e. The topological polar surface area (TPSA) is 67.9 Å². The zero-order valence-electron chi connectivity index (χ0n) is 17.7. The number of alkyl halides is 3. The van der Waals surface area contributed by atoms with Crippen molar-refractivity contribution in [3.05, 3.63) is 53.1 Å². The highest BCUT2D eigenvalue weighted by Gasteiger charge is 2.45. The van der Waals surface area contributed by atoms with Gasteiger partial charge in [-0.25, -0.2) is 0 Å². The molecule has 1 N–H and O–H groups in total. The van der Waals surface area contributed by atoms with Gasteiger partial charge in [-0.1, -0.05) is 6.07 Å². The van der Waals surface area contributed by atoms with E-state index in [1.165, 1.54) is 26.4 Å². The van der Waals surface area contributed by atoms with Crippen LogP contribution in [0.15, 0.2) is 36.4 Å². The molecule has 4 rings (SSSR count). The van der Waals surface area contributed by atoms with Crippen LogP contribution in [0.25, 0.3) is 0 Å². The summed E-state index contributed by atoms with van der Waals surface area (Å²) in [6.07, 6.45) is -2.22. The fraction of sp³-hybridized carbons (Fsp3) is 0.391. The number of amides is 2. The van der Waals surface area contributed by atoms with Gasteiger partial charge in [0.2, 0.25) is 5.91 Å². The van der Waals surface area contributed by atoms with Crippen LogP contribution in [0.4, 0.5) is 18.9 Å². The standard InChI is InChI=1S/C23H23F3N2O4/c1-31-18-11-15-16(12-19(18)32-2)22(30)28-9-4-3-8-17(28)20(15)21(29)27-14-7-5-6-13(10-14)23(24,25)26/h5-7,10-12,17,20H,3-4,8-9H2,1-2H3,(H,27,29). The van der Waals surface area contributed by atoms with Crippen molar-refractivity contribution in [2.24, 2.45) is 0 Å². The summed E-state index contributed by atoms with van der Waals surface area (Å²) >= 11 is 0. The zero-order chi connectivity index (χ0) is 23.0. The largest absolute Gasteiger partial charge is 0.493 e. The molecule has 0 saturated carbocycles. The SMILES string of the molecule is COc1cc2c(cc1OC)C(C(=O)Nc1cccc(C(F)(F)F)c1)C1CCCCN1C2=O. The number of piperidine rings is 1. The normalized spacial score (nSPS) is 20.3. The number of carbonyl (C=O) groups excluding carboxylic acids is 2. The predicted octanol–water partition coefficient (Wildman–Crippen LogP) is 4.45. The maximum atomic E-state index is 13.4. The Morgan fingerprint density at radius 1 is 1.09 bits per heavy atom. The summed E-state index contributed by atoms with van der Waals surface area (Å²) in [6, 6.07) is 7.31. The van der Waals surface area contributed by atoms with Gasteiger partial charge in [0, 0.05) is 23.8 Å². The van der Waals surface area contributed by atoms with Crippen molar-refractivity contribution >= 4 is 17.5 Å². The van der Waals surface area contributed by atoms with Crippen molar-refractivity contribution in [3.63, 3.8) is 0 Å². The summed E-state index contributed by atoms with van der Waals surface area (Å²) in [6.45, 7) is 0.518. The van der Waals surface area contributed by atoms with Gasteiger partial charge < -0.3 is 19.7 Å². The molecule has 170 valence electrons. The molecule has 2 atom stereocenters. The van der Waals surface area contributed by atoms with Crippen LogP contribution in [-0.4, -0.2) is 43.5 Å². The number of benzene rings is 2. The van der Waals surface area contributed by atoms with E-state index < -0.39 is 23.6 Å². The summed E-state index contributed by atoms with van der Waals surface area (Å²) < 4.78 is 50.0. The van der Waals surface area contributed by atoms with Crippen molar-refractivity contribution in [2.75, 3.05) is 26.1 Å². The van der Waals surface area contributed by atoms with Crippen LogP contribution >= 0.6 is 0 Å². The molecule has 2 aliphatic rings. The molecule has 0 radical (unpaired) electrons. The lowest BCUT2D eigenvalue weighted by Gasteiger charge is -2.44. The summed E-state index contributed by atoms with van der Waals surface area (Å²) in [5, 5.41) is 2.63. The number of fused-ring (bicyclic) bond motifs is 2. The van der Waals surface area contributed by atoms with Crippen LogP contribution in [-0.2, 0) is 11.0 Å². The number of ether oxygens (including phenoxy) is 2. The van der Waals surface area contributed by atoms with E-state index in [0.29, 0.717) is 35.6 Å². The first-order valence-corrected chi connectivity index (χ1v) is 10.3. The number of hydrogen-bond acceptors (Lipinski definition) is 4. The van der Waals surface area contributed by atoms with E-state index in [1.807, 2.05) is 0 Å². The summed E-state index contributed by atoms with van der Waals surface area (Å²) in [4.78, 5) is 28.3. The van der Waals surface area contributed by atoms with Gasteiger partial charge in [0.05, 0.1) is 25.7 Å². The fourth-order valence-electron chi connectivity index (χ4n) is 4.56. The maximum Gasteiger partial charge on any atom is 0.416 e. The highest BCUT2D eigenvalue weighted by molar-refractivity contribution is 6.05. The molecule has 2 aromatic carbocycles. The zero-order valence-corrected chi connectivity index (χ0v) is 17.7. The second kappa shape index (κ2) is 8.37. The lowest BCUT2D eigenvalue weighted by atomic mass is 9.78. The number of nitrogens with one attached hydrogen (secondary N) is 1. The third-order valence-electron chi connectivity index (χ3n) is 6.06. The smallest absolute Gasteiger partial charge is 0.416 e. The average Bonchev–Trinajstić information content (AvgIpc) is 2.78. The summed E-state index contributed by atoms with van der Waals surface area (Å²) in [5.41, 5.74) is 0.0246. The van der Waals surface area contributed by atoms with Gasteiger partial charge >= 0.3 is 6.18 Å². The second-order valence-corrected chi connectivity index (χ2v) is 7.90. The molecule has 2 amide bonds. The molecule has 0 aliphatic carbocycles. The van der Waals surface area contributed by atoms with E-state index in [9.17, 15) is 22.8 Å². The molecule has 1 fully saturated rings. The average molecular weight is 448 g/mol. The van der Waals surface area contributed by atoms with Gasteiger partial charge in [0.15, 0.2) is 11.5 Å². The Kier molecular flexibility index (Phi) is 5.75. The van der Waals surface area contributed by atoms with Gasteiger partial charge in [0.1, 0.15) is 0 Å². The van der Waals surface area contributed by atoms with Crippen LogP contribution in [0.5, 0.6) is 11.5 Å². The summed E-state index contributed by atoms with van der Waals surface area (Å²) in [7, 11) is 2.92. The molecule has 0 bridgehead atoms. The van der Waals surface area contributed by atoms with Crippen molar-refractivity contribution in [3.8, 4) is 11.5 Å². The first-order chi connectivity index (χ1) is 15.2. The number of rotatable bonds is 4. The third kappa shape index (κ3) is 3.87. The number of halogens is 3. The molecular weight excluding hydrogens is 425 g/mol. The molecule has 9 heteroatoms. The van der Waals surface area contributed by atoms with E-state index in [4.69, 9.17) is 9.47 Å². The van der Waals surface area contributed by atoms with Crippen molar-refractivity contribution in [1.29, 1.82) is 0 Å². The molecule has 2 aliphatic heterocycles. The van der Waals surface area contributed by atoms with Crippen LogP contribution in [0.3, 0.4) is 0 Å². The Labute approximate surface area is 183 Å². The lowest BCUT2D eigenvalue weighted by Crippen LogP contribution is -2.53. The predicted molar refractivity (Wildman–Crippen MR) is 111 cm³/mol. The first-order valence-electron chi connectivity index (χ1n) is 10.3. The van der Waals surface area contributed by atoms with Crippen molar-refractivity contribution in [2.45, 2.75) is 37.4 Å². The van der Waals surface area contributed by atoms with E-state index >= 15 is 0 Å². The minimum absolute atomic E-state index is 0.0473. The van der Waals surface area contributed by atoms with Gasteiger partial charge in [-0.3, -0.25) is 9.59 Å². The number of anilines is 1. The molecule has 2 aromatic rings. The third-order valence-corrected chi connectivity index (χ3v) is 6.06. The van der Waals surface area contributed by atoms with Crippen LogP contribution in [0, 0.1) is 0 Å². The van der Waals surface area contributed by atoms with Gasteiger partial charge in [-0.05, 0) is 55.2 Å². The van der Waals surface area contributed by atoms with Crippen LogP contribution in [0.1, 0.15) is 46.7 Å². The monoisotopic (exact) mass is 448 g/mol. The van der Waals surface area contributed by atoms with E-state index in [1.54, 1.807) is 17.0 Å². The maximum absolute atomic E-state index is 13.4. The van der Waals surface area contributed by atoms with Crippen molar-refractivity contribution in [1.82, 2.24) is 4.90 Å². The summed E-state index contributed by atoms with van der Waals surface area (Å²) in [5.74, 6) is -0.666. The van der Waals surface area contributed by atoms with E-state index in [0.717, 1.165) is 25.0 Å². The highest BCUT2D eigenvalue weighted by Crippen LogP contribution is 2.43. The Morgan fingerprint density at radius 2 is 1.81 bits per heavy atom. The van der Waals surface area contributed by atoms with Crippen LogP contribution < -0.4 is 14.8 Å². The molecule has 1 saturated heterocycles. The lowest BCUT2D eigenvalue weighted by molar-refractivity contribution is -0.137. The number of methoxy groups -OCH3 is 2. The Hall–Kier alpha value is -3.23. The Bertz CT molecular complexity index is 1050.